The van der Waals surface area contributed by atoms with E-state index in [2.05, 4.69) is 124 Å². The fourth-order valence-corrected chi connectivity index (χ4v) is 7.63. The Balaban J connectivity index is 1.37. The SMILES string of the molecule is [C-]#[N+]c1cccc(-c2cc(-n3c4ccccc4c4ccc(-c5ncccn5)cc43)c(-n3c4ccccc4c4ccc(-c5ncccn5)cc43)cc2[N+]#[C-])c1. The molecule has 0 saturated heterocycles. The van der Waals surface area contributed by atoms with Gasteiger partial charge in [0.2, 0.25) is 0 Å². The van der Waals surface area contributed by atoms with Crippen LogP contribution < -0.4 is 0 Å². The number of rotatable bonds is 5. The van der Waals surface area contributed by atoms with Crippen molar-refractivity contribution in [3.05, 3.63) is 181 Å². The lowest BCUT2D eigenvalue weighted by molar-refractivity contribution is 1.10. The Morgan fingerprint density at radius 3 is 1.46 bits per heavy atom. The highest BCUT2D eigenvalue weighted by Gasteiger charge is 2.23. The largest absolute Gasteiger partial charge is 0.308 e. The highest BCUT2D eigenvalue weighted by atomic mass is 15.1. The Kier molecular flexibility index (Phi) is 7.07. The normalized spacial score (nSPS) is 11.3. The number of para-hydroxylation sites is 2. The number of benzene rings is 6. The minimum atomic E-state index is 0.475. The van der Waals surface area contributed by atoms with Crippen LogP contribution in [0.1, 0.15) is 0 Å². The maximum Gasteiger partial charge on any atom is 0.197 e. The highest BCUT2D eigenvalue weighted by Crippen LogP contribution is 2.44. The van der Waals surface area contributed by atoms with E-state index in [0.717, 1.165) is 77.2 Å². The van der Waals surface area contributed by atoms with Crippen LogP contribution in [-0.2, 0) is 0 Å². The summed E-state index contributed by atoms with van der Waals surface area (Å²) in [5.74, 6) is 1.26. The van der Waals surface area contributed by atoms with Gasteiger partial charge in [0.05, 0.1) is 46.6 Å². The molecule has 0 atom stereocenters. The lowest BCUT2D eigenvalue weighted by Crippen LogP contribution is -2.04. The van der Waals surface area contributed by atoms with E-state index in [9.17, 15) is 0 Å². The molecule has 0 aliphatic rings. The first-order valence-corrected chi connectivity index (χ1v) is 17.4. The minimum Gasteiger partial charge on any atom is -0.308 e. The first-order valence-electron chi connectivity index (χ1n) is 17.4. The van der Waals surface area contributed by atoms with Gasteiger partial charge in [-0.1, -0.05) is 78.9 Å². The Hall–Kier alpha value is -7.94. The van der Waals surface area contributed by atoms with Gasteiger partial charge in [0.15, 0.2) is 23.0 Å². The average Bonchev–Trinajstić information content (AvgIpc) is 3.75. The van der Waals surface area contributed by atoms with E-state index in [1.54, 1.807) is 30.9 Å². The van der Waals surface area contributed by atoms with E-state index in [0.29, 0.717) is 23.0 Å². The minimum absolute atomic E-state index is 0.475. The monoisotopic (exact) mass is 690 g/mol. The molecule has 250 valence electrons. The Morgan fingerprint density at radius 2 is 0.926 bits per heavy atom. The first kappa shape index (κ1) is 30.8. The van der Waals surface area contributed by atoms with Crippen LogP contribution in [0, 0.1) is 13.1 Å². The van der Waals surface area contributed by atoms with Crippen LogP contribution >= 0.6 is 0 Å². The van der Waals surface area contributed by atoms with Crippen molar-refractivity contribution in [3.8, 4) is 45.3 Å². The van der Waals surface area contributed by atoms with Gasteiger partial charge in [-0.3, -0.25) is 0 Å². The molecule has 54 heavy (non-hydrogen) atoms. The molecule has 0 aliphatic carbocycles. The molecule has 0 unspecified atom stereocenters. The molecule has 0 saturated carbocycles. The molecular weight excluding hydrogens is 665 g/mol. The molecule has 0 spiro atoms. The molecule has 0 radical (unpaired) electrons. The summed E-state index contributed by atoms with van der Waals surface area (Å²) >= 11 is 0. The molecule has 10 aromatic rings. The number of aromatic nitrogens is 6. The van der Waals surface area contributed by atoms with Crippen molar-refractivity contribution in [1.82, 2.24) is 29.1 Å². The second-order valence-corrected chi connectivity index (χ2v) is 12.9. The molecule has 0 N–H and O–H groups in total. The van der Waals surface area contributed by atoms with Crippen LogP contribution in [0.15, 0.2) is 158 Å². The molecule has 8 nitrogen and oxygen atoms in total. The Labute approximate surface area is 309 Å². The van der Waals surface area contributed by atoms with E-state index >= 15 is 0 Å². The second kappa shape index (κ2) is 12.4. The predicted octanol–water partition coefficient (Wildman–Crippen LogP) is 11.6. The Morgan fingerprint density at radius 1 is 0.407 bits per heavy atom. The zero-order valence-electron chi connectivity index (χ0n) is 28.6. The van der Waals surface area contributed by atoms with Crippen molar-refractivity contribution < 1.29 is 0 Å². The zero-order valence-corrected chi connectivity index (χ0v) is 28.6. The number of nitrogens with zero attached hydrogens (tertiary/aromatic N) is 8. The van der Waals surface area contributed by atoms with E-state index in [1.165, 1.54) is 0 Å². The quantitative estimate of drug-likeness (QED) is 0.169. The van der Waals surface area contributed by atoms with Crippen molar-refractivity contribution in [3.63, 3.8) is 0 Å². The van der Waals surface area contributed by atoms with Gasteiger partial charge in [0, 0.05) is 57.5 Å². The lowest BCUT2D eigenvalue weighted by atomic mass is 10.0. The van der Waals surface area contributed by atoms with Gasteiger partial charge in [-0.25, -0.2) is 29.6 Å². The third kappa shape index (κ3) is 4.83. The molecule has 6 aromatic carbocycles. The number of fused-ring (bicyclic) bond motifs is 6. The van der Waals surface area contributed by atoms with Crippen molar-refractivity contribution in [2.75, 3.05) is 0 Å². The van der Waals surface area contributed by atoms with Gasteiger partial charge in [-0.2, -0.15) is 0 Å². The topological polar surface area (TPSA) is 70.1 Å². The summed E-state index contributed by atoms with van der Waals surface area (Å²) in [5.41, 5.74) is 9.93. The third-order valence-electron chi connectivity index (χ3n) is 9.98. The fourth-order valence-electron chi connectivity index (χ4n) is 7.63. The van der Waals surface area contributed by atoms with Crippen LogP contribution in [0.4, 0.5) is 11.4 Å². The summed E-state index contributed by atoms with van der Waals surface area (Å²) in [7, 11) is 0. The molecule has 4 heterocycles. The van der Waals surface area contributed by atoms with Crippen molar-refractivity contribution in [2.24, 2.45) is 0 Å². The molecule has 0 amide bonds. The van der Waals surface area contributed by atoms with Gasteiger partial charge in [0.25, 0.3) is 0 Å². The summed E-state index contributed by atoms with van der Waals surface area (Å²) in [6.07, 6.45) is 7.01. The predicted molar refractivity (Wildman–Crippen MR) is 215 cm³/mol. The van der Waals surface area contributed by atoms with Crippen LogP contribution in [0.25, 0.3) is 98.6 Å². The van der Waals surface area contributed by atoms with E-state index in [1.807, 2.05) is 42.5 Å². The summed E-state index contributed by atoms with van der Waals surface area (Å²) in [5, 5.41) is 4.33. The van der Waals surface area contributed by atoms with Crippen molar-refractivity contribution in [1.29, 1.82) is 0 Å². The summed E-state index contributed by atoms with van der Waals surface area (Å²) < 4.78 is 4.54. The molecule has 0 bridgehead atoms. The molecular formula is C46H26N8. The molecule has 4 aromatic heterocycles. The Bertz CT molecular complexity index is 3180. The fraction of sp³-hybridized carbons (Fsp3) is 0. The maximum atomic E-state index is 8.48. The molecule has 0 fully saturated rings. The molecule has 0 aliphatic heterocycles. The summed E-state index contributed by atoms with van der Waals surface area (Å²) in [6.45, 7) is 16.2. The number of hydrogen-bond acceptors (Lipinski definition) is 4. The van der Waals surface area contributed by atoms with Gasteiger partial charge < -0.3 is 9.13 Å². The van der Waals surface area contributed by atoms with Gasteiger partial charge in [0.1, 0.15) is 0 Å². The van der Waals surface area contributed by atoms with Crippen molar-refractivity contribution in [2.45, 2.75) is 0 Å². The summed E-state index contributed by atoms with van der Waals surface area (Å²) in [4.78, 5) is 26.1. The standard InChI is InChI=1S/C46H26N8/c1-47-32-11-7-10-29(24-32)37-27-43(53-39-14-5-3-12-33(39)35-18-16-30(25-41(35)53)45-49-20-8-21-50-45)44(28-38(37)48-2)54-40-15-6-4-13-34(40)36-19-17-31(26-42(36)54)46-51-22-9-23-52-46/h3-28H. The zero-order chi connectivity index (χ0) is 36.2. The smallest absolute Gasteiger partial charge is 0.197 e. The summed E-state index contributed by atoms with van der Waals surface area (Å²) in [6, 6.07) is 44.6. The average molecular weight is 691 g/mol. The van der Waals surface area contributed by atoms with E-state index in [4.69, 9.17) is 13.1 Å². The van der Waals surface area contributed by atoms with Crippen LogP contribution in [-0.4, -0.2) is 29.1 Å². The van der Waals surface area contributed by atoms with Gasteiger partial charge in [-0.05, 0) is 65.7 Å². The van der Waals surface area contributed by atoms with Crippen LogP contribution in [0.3, 0.4) is 0 Å². The van der Waals surface area contributed by atoms with Gasteiger partial charge >= 0.3 is 0 Å². The third-order valence-corrected chi connectivity index (χ3v) is 9.98. The van der Waals surface area contributed by atoms with E-state index < -0.39 is 0 Å². The molecule has 8 heteroatoms. The van der Waals surface area contributed by atoms with E-state index in [-0.39, 0.29) is 0 Å². The molecule has 10 rings (SSSR count). The van der Waals surface area contributed by atoms with Crippen LogP contribution in [0.5, 0.6) is 0 Å². The van der Waals surface area contributed by atoms with Gasteiger partial charge in [-0.15, -0.1) is 0 Å². The lowest BCUT2D eigenvalue weighted by Gasteiger charge is -2.20. The first-order chi connectivity index (χ1) is 26.7. The van der Waals surface area contributed by atoms with Crippen molar-refractivity contribution >= 4 is 55.0 Å². The second-order valence-electron chi connectivity index (χ2n) is 12.9. The van der Waals surface area contributed by atoms with Crippen LogP contribution in [0.2, 0.25) is 0 Å². The number of hydrogen-bond donors (Lipinski definition) is 0. The maximum absolute atomic E-state index is 8.48. The highest BCUT2D eigenvalue weighted by molar-refractivity contribution is 6.13.